The number of nitrogens with zero attached hydrogens (tertiary/aromatic N) is 2. The van der Waals surface area contributed by atoms with Crippen molar-refractivity contribution in [1.29, 1.82) is 0 Å². The number of hydrogen-bond acceptors (Lipinski definition) is 3. The SMILES string of the molecule is Cc1ccnc(COc2ccc(F)cc2-c2ccc3c(c2)CCN(C(=O)O)CC3CC(C)C)c1. The molecule has 1 atom stereocenters. The van der Waals surface area contributed by atoms with E-state index in [-0.39, 0.29) is 18.3 Å². The van der Waals surface area contributed by atoms with Crippen LogP contribution in [0.1, 0.15) is 48.6 Å². The summed E-state index contributed by atoms with van der Waals surface area (Å²) in [5, 5.41) is 9.63. The molecule has 4 rings (SSSR count). The molecule has 0 radical (unpaired) electrons. The van der Waals surface area contributed by atoms with Gasteiger partial charge in [-0.25, -0.2) is 9.18 Å². The summed E-state index contributed by atoms with van der Waals surface area (Å²) in [5.74, 6) is 0.841. The first-order valence-electron chi connectivity index (χ1n) is 11.7. The zero-order valence-corrected chi connectivity index (χ0v) is 19.9. The number of pyridine rings is 1. The van der Waals surface area contributed by atoms with Gasteiger partial charge in [-0.3, -0.25) is 4.98 Å². The molecule has 2 aromatic carbocycles. The van der Waals surface area contributed by atoms with Gasteiger partial charge >= 0.3 is 6.09 Å². The molecule has 0 fully saturated rings. The first-order chi connectivity index (χ1) is 16.3. The van der Waals surface area contributed by atoms with Crippen molar-refractivity contribution in [3.05, 3.63) is 82.9 Å². The summed E-state index contributed by atoms with van der Waals surface area (Å²) in [7, 11) is 0. The fraction of sp³-hybridized carbons (Fsp3) is 0.357. The van der Waals surface area contributed by atoms with E-state index in [1.54, 1.807) is 12.3 Å². The zero-order chi connectivity index (χ0) is 24.2. The summed E-state index contributed by atoms with van der Waals surface area (Å²) in [4.78, 5) is 17.6. The highest BCUT2D eigenvalue weighted by atomic mass is 19.1. The molecular weight excluding hydrogens is 431 g/mol. The first kappa shape index (κ1) is 23.7. The molecule has 1 unspecified atom stereocenters. The molecule has 6 heteroatoms. The van der Waals surface area contributed by atoms with E-state index in [4.69, 9.17) is 4.74 Å². The molecule has 1 N–H and O–H groups in total. The third kappa shape index (κ3) is 5.56. The smallest absolute Gasteiger partial charge is 0.407 e. The lowest BCUT2D eigenvalue weighted by Crippen LogP contribution is -2.33. The van der Waals surface area contributed by atoms with E-state index in [2.05, 4.69) is 31.0 Å². The molecule has 2 heterocycles. The van der Waals surface area contributed by atoms with E-state index in [0.29, 0.717) is 36.7 Å². The van der Waals surface area contributed by atoms with Crippen molar-refractivity contribution in [3.8, 4) is 16.9 Å². The maximum absolute atomic E-state index is 14.3. The van der Waals surface area contributed by atoms with Crippen molar-refractivity contribution in [1.82, 2.24) is 9.88 Å². The minimum atomic E-state index is -0.882. The predicted molar refractivity (Wildman–Crippen MR) is 131 cm³/mol. The highest BCUT2D eigenvalue weighted by molar-refractivity contribution is 5.72. The number of rotatable bonds is 6. The molecule has 34 heavy (non-hydrogen) atoms. The van der Waals surface area contributed by atoms with Gasteiger partial charge in [-0.1, -0.05) is 32.0 Å². The summed E-state index contributed by atoms with van der Waals surface area (Å²) in [6.07, 6.45) is 2.41. The van der Waals surface area contributed by atoms with Gasteiger partial charge in [0.15, 0.2) is 0 Å². The lowest BCUT2D eigenvalue weighted by molar-refractivity contribution is 0.142. The van der Waals surface area contributed by atoms with Crippen molar-refractivity contribution in [2.24, 2.45) is 5.92 Å². The zero-order valence-electron chi connectivity index (χ0n) is 19.9. The summed E-state index contributed by atoms with van der Waals surface area (Å²) >= 11 is 0. The van der Waals surface area contributed by atoms with Gasteiger partial charge in [0.1, 0.15) is 18.2 Å². The Hall–Kier alpha value is -3.41. The van der Waals surface area contributed by atoms with E-state index >= 15 is 0 Å². The van der Waals surface area contributed by atoms with E-state index in [9.17, 15) is 14.3 Å². The number of fused-ring (bicyclic) bond motifs is 1. The van der Waals surface area contributed by atoms with Crippen LogP contribution >= 0.6 is 0 Å². The second-order valence-electron chi connectivity index (χ2n) is 9.47. The van der Waals surface area contributed by atoms with Crippen LogP contribution in [0.15, 0.2) is 54.7 Å². The number of aromatic nitrogens is 1. The van der Waals surface area contributed by atoms with Crippen LogP contribution in [0.5, 0.6) is 5.75 Å². The number of amides is 1. The number of benzene rings is 2. The van der Waals surface area contributed by atoms with Crippen LogP contribution in [0.25, 0.3) is 11.1 Å². The van der Waals surface area contributed by atoms with Crippen LogP contribution in [-0.4, -0.2) is 34.2 Å². The lowest BCUT2D eigenvalue weighted by Gasteiger charge is -2.24. The maximum atomic E-state index is 14.3. The van der Waals surface area contributed by atoms with Gasteiger partial charge in [-0.15, -0.1) is 0 Å². The standard InChI is InChI=1S/C28H31FN2O3/c1-18(2)12-22-16-31(28(32)33)11-9-21-14-20(4-6-25(21)22)26-15-23(29)5-7-27(26)34-17-24-13-19(3)8-10-30-24/h4-8,10,13-15,18,22H,9,11-12,16-17H2,1-3H3,(H,32,33). The minimum absolute atomic E-state index is 0.137. The number of carbonyl (C=O) groups is 1. The van der Waals surface area contributed by atoms with Gasteiger partial charge in [0.2, 0.25) is 0 Å². The van der Waals surface area contributed by atoms with Crippen molar-refractivity contribution in [2.45, 2.75) is 46.1 Å². The molecule has 1 aliphatic rings. The first-order valence-corrected chi connectivity index (χ1v) is 11.7. The number of halogens is 1. The normalized spacial score (nSPS) is 15.7. The second kappa shape index (κ2) is 10.2. The van der Waals surface area contributed by atoms with Crippen molar-refractivity contribution >= 4 is 6.09 Å². The van der Waals surface area contributed by atoms with Gasteiger partial charge in [-0.05, 0) is 78.3 Å². The molecule has 178 valence electrons. The largest absolute Gasteiger partial charge is 0.487 e. The Balaban J connectivity index is 1.66. The Kier molecular flexibility index (Phi) is 7.15. The minimum Gasteiger partial charge on any atom is -0.487 e. The summed E-state index contributed by atoms with van der Waals surface area (Å²) in [6, 6.07) is 14.6. The molecule has 0 bridgehead atoms. The topological polar surface area (TPSA) is 62.7 Å². The summed E-state index contributed by atoms with van der Waals surface area (Å²) in [6.45, 7) is 7.55. The van der Waals surface area contributed by atoms with Crippen LogP contribution in [0.3, 0.4) is 0 Å². The van der Waals surface area contributed by atoms with Crippen LogP contribution in [0.2, 0.25) is 0 Å². The van der Waals surface area contributed by atoms with Gasteiger partial charge in [0.05, 0.1) is 5.69 Å². The fourth-order valence-corrected chi connectivity index (χ4v) is 4.73. The highest BCUT2D eigenvalue weighted by Gasteiger charge is 2.26. The molecule has 0 aliphatic carbocycles. The van der Waals surface area contributed by atoms with Crippen LogP contribution in [0.4, 0.5) is 9.18 Å². The molecule has 1 amide bonds. The van der Waals surface area contributed by atoms with Crippen LogP contribution in [0, 0.1) is 18.7 Å². The van der Waals surface area contributed by atoms with Crippen LogP contribution in [-0.2, 0) is 13.0 Å². The van der Waals surface area contributed by atoms with E-state index < -0.39 is 6.09 Å². The molecule has 5 nitrogen and oxygen atoms in total. The Morgan fingerprint density at radius 2 is 2.03 bits per heavy atom. The van der Waals surface area contributed by atoms with Crippen molar-refractivity contribution < 1.29 is 19.0 Å². The third-order valence-corrected chi connectivity index (χ3v) is 6.30. The van der Waals surface area contributed by atoms with Gasteiger partial charge in [0, 0.05) is 30.8 Å². The van der Waals surface area contributed by atoms with Gasteiger partial charge < -0.3 is 14.7 Å². The molecule has 1 aromatic heterocycles. The Morgan fingerprint density at radius 1 is 1.21 bits per heavy atom. The van der Waals surface area contributed by atoms with Gasteiger partial charge in [0.25, 0.3) is 0 Å². The highest BCUT2D eigenvalue weighted by Crippen LogP contribution is 2.37. The average Bonchev–Trinajstić information content (AvgIpc) is 2.97. The Morgan fingerprint density at radius 3 is 2.76 bits per heavy atom. The quantitative estimate of drug-likeness (QED) is 0.458. The van der Waals surface area contributed by atoms with Gasteiger partial charge in [-0.2, -0.15) is 0 Å². The number of aryl methyl sites for hydroxylation is 1. The number of ether oxygens (including phenoxy) is 1. The van der Waals surface area contributed by atoms with Crippen molar-refractivity contribution in [3.63, 3.8) is 0 Å². The van der Waals surface area contributed by atoms with Crippen LogP contribution < -0.4 is 4.74 Å². The maximum Gasteiger partial charge on any atom is 0.407 e. The monoisotopic (exact) mass is 462 g/mol. The lowest BCUT2D eigenvalue weighted by atomic mass is 9.86. The summed E-state index contributed by atoms with van der Waals surface area (Å²) in [5.41, 5.74) is 5.74. The number of hydrogen-bond donors (Lipinski definition) is 1. The third-order valence-electron chi connectivity index (χ3n) is 6.30. The fourth-order valence-electron chi connectivity index (χ4n) is 4.73. The second-order valence-corrected chi connectivity index (χ2v) is 9.47. The van der Waals surface area contributed by atoms with E-state index in [0.717, 1.165) is 28.8 Å². The Bertz CT molecular complexity index is 1180. The predicted octanol–water partition coefficient (Wildman–Crippen LogP) is 6.44. The number of carboxylic acid groups (broad SMARTS) is 1. The Labute approximate surface area is 200 Å². The average molecular weight is 463 g/mol. The molecule has 0 saturated heterocycles. The van der Waals surface area contributed by atoms with E-state index in [1.807, 2.05) is 25.1 Å². The molecule has 1 aliphatic heterocycles. The molecule has 0 spiro atoms. The molecule has 3 aromatic rings. The summed E-state index contributed by atoms with van der Waals surface area (Å²) < 4.78 is 20.3. The molecular formula is C28H31FN2O3. The van der Waals surface area contributed by atoms with Crippen molar-refractivity contribution in [2.75, 3.05) is 13.1 Å². The molecule has 0 saturated carbocycles. The van der Waals surface area contributed by atoms with E-state index in [1.165, 1.54) is 22.6 Å².